The van der Waals surface area contributed by atoms with Crippen molar-refractivity contribution in [3.05, 3.63) is 29.8 Å². The summed E-state index contributed by atoms with van der Waals surface area (Å²) < 4.78 is 35.8. The molecule has 1 aromatic rings. The lowest BCUT2D eigenvalue weighted by atomic mass is 10.2. The van der Waals surface area contributed by atoms with Gasteiger partial charge >= 0.3 is 12.1 Å². The van der Waals surface area contributed by atoms with Crippen LogP contribution in [0.3, 0.4) is 0 Å². The maximum Gasteiger partial charge on any atom is 0.471 e. The lowest BCUT2D eigenvalue weighted by molar-refractivity contribution is -0.173. The zero-order valence-electron chi connectivity index (χ0n) is 10.2. The summed E-state index contributed by atoms with van der Waals surface area (Å²) in [6, 6.07) is 6.18. The predicted octanol–water partition coefficient (Wildman–Crippen LogP) is 2.21. The molecule has 1 rings (SSSR count). The van der Waals surface area contributed by atoms with Crippen molar-refractivity contribution in [2.24, 2.45) is 0 Å². The molecular formula is C12H13F3N2O2. The van der Waals surface area contributed by atoms with Gasteiger partial charge in [0, 0.05) is 18.7 Å². The molecule has 0 aromatic heterocycles. The molecule has 0 unspecified atom stereocenters. The highest BCUT2D eigenvalue weighted by Crippen LogP contribution is 2.15. The van der Waals surface area contributed by atoms with Gasteiger partial charge in [-0.1, -0.05) is 19.1 Å². The van der Waals surface area contributed by atoms with E-state index in [0.29, 0.717) is 17.7 Å². The number of benzene rings is 1. The number of alkyl halides is 3. The molecule has 19 heavy (non-hydrogen) atoms. The quantitative estimate of drug-likeness (QED) is 0.884. The number of nitrogens with one attached hydrogen (secondary N) is 2. The van der Waals surface area contributed by atoms with Crippen molar-refractivity contribution in [2.45, 2.75) is 26.1 Å². The first-order valence-electron chi connectivity index (χ1n) is 5.56. The molecule has 0 aliphatic rings. The number of rotatable bonds is 4. The zero-order chi connectivity index (χ0) is 14.5. The Morgan fingerprint density at radius 1 is 1.16 bits per heavy atom. The van der Waals surface area contributed by atoms with Crippen LogP contribution in [0.1, 0.15) is 18.9 Å². The smallest absolute Gasteiger partial charge is 0.344 e. The van der Waals surface area contributed by atoms with Crippen molar-refractivity contribution >= 4 is 17.5 Å². The predicted molar refractivity (Wildman–Crippen MR) is 63.3 cm³/mol. The Kier molecular flexibility index (Phi) is 4.91. The number of anilines is 1. The van der Waals surface area contributed by atoms with Crippen LogP contribution >= 0.6 is 0 Å². The molecule has 1 aromatic carbocycles. The molecule has 2 N–H and O–H groups in total. The molecule has 0 aliphatic heterocycles. The lowest BCUT2D eigenvalue weighted by Gasteiger charge is -2.08. The average Bonchev–Trinajstić information content (AvgIpc) is 2.36. The van der Waals surface area contributed by atoms with Gasteiger partial charge in [0.05, 0.1) is 0 Å². The highest BCUT2D eigenvalue weighted by molar-refractivity contribution is 5.90. The van der Waals surface area contributed by atoms with E-state index >= 15 is 0 Å². The molecule has 0 saturated heterocycles. The van der Waals surface area contributed by atoms with Gasteiger partial charge in [0.15, 0.2) is 0 Å². The molecule has 0 radical (unpaired) electrons. The monoisotopic (exact) mass is 274 g/mol. The largest absolute Gasteiger partial charge is 0.471 e. The van der Waals surface area contributed by atoms with Gasteiger partial charge in [-0.05, 0) is 17.7 Å². The molecule has 7 heteroatoms. The van der Waals surface area contributed by atoms with Crippen molar-refractivity contribution in [3.8, 4) is 0 Å². The first-order valence-corrected chi connectivity index (χ1v) is 5.56. The summed E-state index contributed by atoms with van der Waals surface area (Å²) in [6.07, 6.45) is -4.54. The van der Waals surface area contributed by atoms with Gasteiger partial charge in [0.1, 0.15) is 0 Å². The molecule has 0 aliphatic carbocycles. The summed E-state index contributed by atoms with van der Waals surface area (Å²) in [5.41, 5.74) is 1.06. The highest BCUT2D eigenvalue weighted by atomic mass is 19.4. The fourth-order valence-corrected chi connectivity index (χ4v) is 1.24. The number of halogens is 3. The molecule has 0 heterocycles. The zero-order valence-corrected chi connectivity index (χ0v) is 10.2. The Bertz CT molecular complexity index is 455. The van der Waals surface area contributed by atoms with Crippen LogP contribution in [0.4, 0.5) is 18.9 Å². The van der Waals surface area contributed by atoms with Gasteiger partial charge in [0.2, 0.25) is 5.91 Å². The van der Waals surface area contributed by atoms with Crippen LogP contribution in [-0.2, 0) is 16.1 Å². The summed E-state index contributed by atoms with van der Waals surface area (Å²) in [7, 11) is 0. The third-order valence-corrected chi connectivity index (χ3v) is 2.27. The molecule has 2 amide bonds. The van der Waals surface area contributed by atoms with E-state index in [1.165, 1.54) is 12.1 Å². The number of hydrogen-bond acceptors (Lipinski definition) is 2. The third-order valence-electron chi connectivity index (χ3n) is 2.27. The molecule has 0 atom stereocenters. The topological polar surface area (TPSA) is 58.2 Å². The van der Waals surface area contributed by atoms with E-state index in [0.717, 1.165) is 0 Å². The second kappa shape index (κ2) is 6.21. The Morgan fingerprint density at radius 3 is 2.21 bits per heavy atom. The lowest BCUT2D eigenvalue weighted by Crippen LogP contribution is -2.36. The van der Waals surface area contributed by atoms with E-state index in [1.807, 2.05) is 0 Å². The van der Waals surface area contributed by atoms with E-state index in [-0.39, 0.29) is 12.5 Å². The van der Waals surface area contributed by atoms with Gasteiger partial charge in [-0.25, -0.2) is 0 Å². The molecule has 0 saturated carbocycles. The molecule has 4 nitrogen and oxygen atoms in total. The van der Waals surface area contributed by atoms with Gasteiger partial charge < -0.3 is 10.6 Å². The average molecular weight is 274 g/mol. The Labute approximate surface area is 108 Å². The van der Waals surface area contributed by atoms with Gasteiger partial charge in [-0.3, -0.25) is 9.59 Å². The van der Waals surface area contributed by atoms with E-state index in [9.17, 15) is 22.8 Å². The first kappa shape index (κ1) is 15.0. The van der Waals surface area contributed by atoms with Crippen LogP contribution < -0.4 is 10.6 Å². The summed E-state index contributed by atoms with van der Waals surface area (Å²) in [6.45, 7) is 1.48. The summed E-state index contributed by atoms with van der Waals surface area (Å²) in [5, 5.41) is 4.36. The first-order chi connectivity index (χ1) is 8.82. The maximum absolute atomic E-state index is 11.9. The Balaban J connectivity index is 2.53. The van der Waals surface area contributed by atoms with Crippen molar-refractivity contribution in [3.63, 3.8) is 0 Å². The van der Waals surface area contributed by atoms with Crippen LogP contribution in [0, 0.1) is 0 Å². The van der Waals surface area contributed by atoms with Crippen molar-refractivity contribution in [1.29, 1.82) is 0 Å². The number of amides is 2. The molecule has 0 bridgehead atoms. The summed E-state index contributed by atoms with van der Waals surface area (Å²) in [5.74, 6) is -2.13. The summed E-state index contributed by atoms with van der Waals surface area (Å²) >= 11 is 0. The summed E-state index contributed by atoms with van der Waals surface area (Å²) in [4.78, 5) is 21.7. The number of hydrogen-bond donors (Lipinski definition) is 2. The van der Waals surface area contributed by atoms with E-state index in [1.54, 1.807) is 24.4 Å². The van der Waals surface area contributed by atoms with Crippen molar-refractivity contribution in [2.75, 3.05) is 5.32 Å². The van der Waals surface area contributed by atoms with Crippen molar-refractivity contribution in [1.82, 2.24) is 5.32 Å². The minimum atomic E-state index is -4.88. The molecule has 0 fully saturated rings. The number of carbonyl (C=O) groups is 2. The van der Waals surface area contributed by atoms with E-state index in [2.05, 4.69) is 5.32 Å². The Hall–Kier alpha value is -2.05. The van der Waals surface area contributed by atoms with Crippen LogP contribution in [0.2, 0.25) is 0 Å². The SMILES string of the molecule is CCC(=O)Nc1ccc(CNC(=O)C(F)(F)F)cc1. The van der Waals surface area contributed by atoms with E-state index < -0.39 is 12.1 Å². The van der Waals surface area contributed by atoms with Crippen LogP contribution in [0.5, 0.6) is 0 Å². The standard InChI is InChI=1S/C12H13F3N2O2/c1-2-10(18)17-9-5-3-8(4-6-9)7-16-11(19)12(13,14)15/h3-6H,2,7H2,1H3,(H,16,19)(H,17,18). The van der Waals surface area contributed by atoms with Gasteiger partial charge in [-0.2, -0.15) is 13.2 Å². The maximum atomic E-state index is 11.9. The fourth-order valence-electron chi connectivity index (χ4n) is 1.24. The molecule has 104 valence electrons. The van der Waals surface area contributed by atoms with Crippen molar-refractivity contribution < 1.29 is 22.8 Å². The highest BCUT2D eigenvalue weighted by Gasteiger charge is 2.38. The Morgan fingerprint density at radius 2 is 1.74 bits per heavy atom. The molecular weight excluding hydrogens is 261 g/mol. The minimum absolute atomic E-state index is 0.155. The number of carbonyl (C=O) groups excluding carboxylic acids is 2. The second-order valence-electron chi connectivity index (χ2n) is 3.78. The normalized spacial score (nSPS) is 10.9. The third kappa shape index (κ3) is 4.99. The second-order valence-corrected chi connectivity index (χ2v) is 3.78. The fraction of sp³-hybridized carbons (Fsp3) is 0.333. The van der Waals surface area contributed by atoms with Crippen LogP contribution in [0.15, 0.2) is 24.3 Å². The van der Waals surface area contributed by atoms with E-state index in [4.69, 9.17) is 0 Å². The van der Waals surface area contributed by atoms with Crippen LogP contribution in [0.25, 0.3) is 0 Å². The minimum Gasteiger partial charge on any atom is -0.344 e. The van der Waals surface area contributed by atoms with Gasteiger partial charge in [0.25, 0.3) is 0 Å². The van der Waals surface area contributed by atoms with Crippen LogP contribution in [-0.4, -0.2) is 18.0 Å². The van der Waals surface area contributed by atoms with Gasteiger partial charge in [-0.15, -0.1) is 0 Å². The molecule has 0 spiro atoms.